The zero-order valence-electron chi connectivity index (χ0n) is 17.8. The van der Waals surface area contributed by atoms with Crippen molar-refractivity contribution in [3.8, 4) is 0 Å². The van der Waals surface area contributed by atoms with E-state index in [0.717, 1.165) is 6.54 Å². The molecular weight excluding hydrogens is 418 g/mol. The largest absolute Gasteiger partial charge is 0.347 e. The summed E-state index contributed by atoms with van der Waals surface area (Å²) in [6.07, 6.45) is 5.26. The second kappa shape index (κ2) is 6.61. The van der Waals surface area contributed by atoms with E-state index in [1.807, 2.05) is 0 Å². The molecule has 2 aliphatic rings. The van der Waals surface area contributed by atoms with Gasteiger partial charge in [-0.05, 0) is 28.5 Å². The molecule has 1 fully saturated rings. The van der Waals surface area contributed by atoms with Gasteiger partial charge in [0.2, 0.25) is 5.89 Å². The van der Waals surface area contributed by atoms with E-state index in [2.05, 4.69) is 73.7 Å². The summed E-state index contributed by atoms with van der Waals surface area (Å²) in [6, 6.07) is 14.9. The molecule has 9 nitrogen and oxygen atoms in total. The molecule has 4 heterocycles. The predicted molar refractivity (Wildman–Crippen MR) is 122 cm³/mol. The van der Waals surface area contributed by atoms with Crippen LogP contribution in [0.1, 0.15) is 17.6 Å². The number of aromatic nitrogens is 6. The highest BCUT2D eigenvalue weighted by Gasteiger charge is 2.52. The van der Waals surface area contributed by atoms with E-state index in [0.29, 0.717) is 28.8 Å². The predicted octanol–water partition coefficient (Wildman–Crippen LogP) is 2.83. The molecule has 5 aromatic rings. The van der Waals surface area contributed by atoms with Crippen molar-refractivity contribution >= 4 is 27.6 Å². The van der Waals surface area contributed by atoms with Crippen LogP contribution in [0.3, 0.4) is 0 Å². The van der Waals surface area contributed by atoms with E-state index < -0.39 is 0 Å². The highest BCUT2D eigenvalue weighted by atomic mass is 16.5. The SMILES string of the molecule is Cn1cnc2ncn(Cc3nc([C@H]4C5=CN(c6ccc7ccccc7c6)C[C@@H]54)no3)c(=O)c21. The Labute approximate surface area is 187 Å². The third-order valence-corrected chi connectivity index (χ3v) is 6.61. The van der Waals surface area contributed by atoms with Crippen LogP contribution >= 0.6 is 0 Å². The van der Waals surface area contributed by atoms with Crippen molar-refractivity contribution in [2.45, 2.75) is 12.5 Å². The Bertz CT molecular complexity index is 1640. The first-order chi connectivity index (χ1) is 16.2. The molecule has 0 saturated heterocycles. The lowest BCUT2D eigenvalue weighted by atomic mass is 10.1. The summed E-state index contributed by atoms with van der Waals surface area (Å²) >= 11 is 0. The van der Waals surface area contributed by atoms with Crippen molar-refractivity contribution in [3.63, 3.8) is 0 Å². The molecule has 0 bridgehead atoms. The van der Waals surface area contributed by atoms with Gasteiger partial charge in [-0.25, -0.2) is 9.97 Å². The maximum absolute atomic E-state index is 12.7. The minimum absolute atomic E-state index is 0.180. The van der Waals surface area contributed by atoms with E-state index >= 15 is 0 Å². The average Bonchev–Trinajstić information content (AvgIpc) is 3.24. The van der Waals surface area contributed by atoms with Crippen molar-refractivity contribution < 1.29 is 4.52 Å². The van der Waals surface area contributed by atoms with Gasteiger partial charge in [0.15, 0.2) is 17.0 Å². The first-order valence-corrected chi connectivity index (χ1v) is 10.8. The number of hydrogen-bond donors (Lipinski definition) is 0. The summed E-state index contributed by atoms with van der Waals surface area (Å²) in [5.74, 6) is 1.67. The normalized spacial score (nSPS) is 19.3. The minimum Gasteiger partial charge on any atom is -0.347 e. The highest BCUT2D eigenvalue weighted by Crippen LogP contribution is 2.56. The van der Waals surface area contributed by atoms with Crippen LogP contribution in [0.15, 0.2) is 76.2 Å². The summed E-state index contributed by atoms with van der Waals surface area (Å²) in [5, 5.41) is 6.68. The minimum atomic E-state index is -0.184. The van der Waals surface area contributed by atoms with Gasteiger partial charge in [0.05, 0.1) is 12.2 Å². The van der Waals surface area contributed by atoms with Crippen molar-refractivity contribution in [3.05, 3.63) is 89.0 Å². The molecular formula is C24H19N7O2. The van der Waals surface area contributed by atoms with E-state index in [4.69, 9.17) is 4.52 Å². The summed E-state index contributed by atoms with van der Waals surface area (Å²) in [6.45, 7) is 1.09. The van der Waals surface area contributed by atoms with Crippen LogP contribution in [0.4, 0.5) is 5.69 Å². The lowest BCUT2D eigenvalue weighted by molar-refractivity contribution is 0.364. The zero-order valence-corrected chi connectivity index (χ0v) is 17.8. The van der Waals surface area contributed by atoms with E-state index in [-0.39, 0.29) is 18.0 Å². The fourth-order valence-corrected chi connectivity index (χ4v) is 4.82. The molecule has 7 rings (SSSR count). The Morgan fingerprint density at radius 3 is 2.79 bits per heavy atom. The van der Waals surface area contributed by atoms with Gasteiger partial charge in [-0.1, -0.05) is 35.5 Å². The quantitative estimate of drug-likeness (QED) is 0.427. The summed E-state index contributed by atoms with van der Waals surface area (Å²) in [5.41, 5.74) is 3.22. The second-order valence-electron chi connectivity index (χ2n) is 8.65. The molecule has 9 heteroatoms. The molecule has 2 atom stereocenters. The third-order valence-electron chi connectivity index (χ3n) is 6.61. The van der Waals surface area contributed by atoms with Gasteiger partial charge in [0.25, 0.3) is 5.56 Å². The molecule has 33 heavy (non-hydrogen) atoms. The number of fused-ring (bicyclic) bond motifs is 3. The first-order valence-electron chi connectivity index (χ1n) is 10.8. The lowest BCUT2D eigenvalue weighted by Gasteiger charge is -2.18. The number of hydrogen-bond acceptors (Lipinski definition) is 7. The Morgan fingerprint density at radius 2 is 1.94 bits per heavy atom. The first kappa shape index (κ1) is 18.3. The fourth-order valence-electron chi connectivity index (χ4n) is 4.82. The van der Waals surface area contributed by atoms with Crippen LogP contribution in [0.25, 0.3) is 21.9 Å². The van der Waals surface area contributed by atoms with Crippen molar-refractivity contribution in [1.82, 2.24) is 29.2 Å². The number of anilines is 1. The average molecular weight is 437 g/mol. The van der Waals surface area contributed by atoms with Crippen LogP contribution in [-0.4, -0.2) is 35.8 Å². The van der Waals surface area contributed by atoms with Gasteiger partial charge >= 0.3 is 0 Å². The molecule has 0 unspecified atom stereocenters. The van der Waals surface area contributed by atoms with Crippen LogP contribution in [-0.2, 0) is 13.6 Å². The third kappa shape index (κ3) is 2.82. The number of rotatable bonds is 4. The number of benzene rings is 2. The molecule has 0 N–H and O–H groups in total. The molecule has 162 valence electrons. The topological polar surface area (TPSA) is 94.9 Å². The molecule has 0 amide bonds. The summed E-state index contributed by atoms with van der Waals surface area (Å²) in [4.78, 5) is 28.0. The van der Waals surface area contributed by atoms with Gasteiger partial charge < -0.3 is 14.0 Å². The van der Waals surface area contributed by atoms with E-state index in [1.165, 1.54) is 32.9 Å². The monoisotopic (exact) mass is 437 g/mol. The zero-order chi connectivity index (χ0) is 22.1. The van der Waals surface area contributed by atoms with Crippen LogP contribution in [0.2, 0.25) is 0 Å². The number of aryl methyl sites for hydroxylation is 1. The van der Waals surface area contributed by atoms with Gasteiger partial charge in [-0.3, -0.25) is 9.36 Å². The molecule has 3 aromatic heterocycles. The van der Waals surface area contributed by atoms with Crippen LogP contribution in [0, 0.1) is 5.92 Å². The van der Waals surface area contributed by atoms with E-state index in [9.17, 15) is 4.79 Å². The maximum Gasteiger partial charge on any atom is 0.280 e. The smallest absolute Gasteiger partial charge is 0.280 e. The molecule has 0 spiro atoms. The molecule has 0 radical (unpaired) electrons. The fraction of sp³-hybridized carbons (Fsp3) is 0.208. The van der Waals surface area contributed by atoms with Crippen molar-refractivity contribution in [2.24, 2.45) is 13.0 Å². The molecule has 2 aromatic carbocycles. The second-order valence-corrected chi connectivity index (χ2v) is 8.65. The Balaban J connectivity index is 1.11. The van der Waals surface area contributed by atoms with Gasteiger partial charge in [0.1, 0.15) is 12.9 Å². The molecule has 1 saturated carbocycles. The van der Waals surface area contributed by atoms with Crippen LogP contribution < -0.4 is 10.5 Å². The van der Waals surface area contributed by atoms with Crippen molar-refractivity contribution in [1.29, 1.82) is 0 Å². The lowest BCUT2D eigenvalue weighted by Crippen LogP contribution is -2.22. The molecule has 1 aliphatic carbocycles. The van der Waals surface area contributed by atoms with E-state index in [1.54, 1.807) is 17.9 Å². The standard InChI is InChI=1S/C24H19N7O2/c1-29-12-25-23-21(29)24(32)31(13-26-23)11-19-27-22(28-33-19)20-17-9-30(10-18(17)20)16-7-6-14-4-2-3-5-15(14)8-16/h2-9,12-13,18,20H,10-11H2,1H3/t18-,20-/m0/s1. The van der Waals surface area contributed by atoms with Crippen LogP contribution in [0.5, 0.6) is 0 Å². The van der Waals surface area contributed by atoms with Gasteiger partial charge in [0, 0.05) is 31.4 Å². The Hall–Kier alpha value is -4.27. The van der Waals surface area contributed by atoms with Crippen molar-refractivity contribution in [2.75, 3.05) is 11.4 Å². The van der Waals surface area contributed by atoms with Gasteiger partial charge in [-0.15, -0.1) is 0 Å². The Kier molecular flexibility index (Phi) is 3.67. The summed E-state index contributed by atoms with van der Waals surface area (Å²) in [7, 11) is 1.77. The summed E-state index contributed by atoms with van der Waals surface area (Å²) < 4.78 is 8.60. The Morgan fingerprint density at radius 1 is 1.09 bits per heavy atom. The number of imidazole rings is 1. The number of nitrogens with zero attached hydrogens (tertiary/aromatic N) is 7. The highest BCUT2D eigenvalue weighted by molar-refractivity contribution is 5.86. The van der Waals surface area contributed by atoms with Gasteiger partial charge in [-0.2, -0.15) is 4.98 Å². The molecule has 1 aliphatic heterocycles. The maximum atomic E-state index is 12.7.